The number of carbonyl (C=O) groups excluding carboxylic acids is 1. The van der Waals surface area contributed by atoms with E-state index in [1.807, 2.05) is 6.07 Å². The van der Waals surface area contributed by atoms with E-state index in [1.54, 1.807) is 12.1 Å². The molecule has 0 aliphatic carbocycles. The summed E-state index contributed by atoms with van der Waals surface area (Å²) in [7, 11) is 1.39. The molecule has 1 unspecified atom stereocenters. The number of hydrogen-bond donors (Lipinski definition) is 0. The lowest BCUT2D eigenvalue weighted by atomic mass is 10.1. The maximum atomic E-state index is 13.1. The molecule has 102 valence electrons. The Balaban J connectivity index is 2.28. The van der Waals surface area contributed by atoms with Crippen LogP contribution in [0, 0.1) is 23.0 Å². The van der Waals surface area contributed by atoms with E-state index in [1.165, 1.54) is 13.3 Å². The Morgan fingerprint density at radius 3 is 2.65 bits per heavy atom. The molecule has 1 amide bonds. The van der Waals surface area contributed by atoms with Gasteiger partial charge in [-0.15, -0.1) is 0 Å². The summed E-state index contributed by atoms with van der Waals surface area (Å²) in [6.07, 6.45) is 1.38. The van der Waals surface area contributed by atoms with E-state index < -0.39 is 23.6 Å². The Morgan fingerprint density at radius 1 is 1.35 bits per heavy atom. The van der Waals surface area contributed by atoms with Crippen LogP contribution in [0.25, 0.3) is 0 Å². The highest BCUT2D eigenvalue weighted by atomic mass is 19.2. The molecule has 1 heterocycles. The Kier molecular flexibility index (Phi) is 3.80. The highest BCUT2D eigenvalue weighted by Crippen LogP contribution is 2.21. The summed E-state index contributed by atoms with van der Waals surface area (Å²) in [6.45, 7) is 0. The van der Waals surface area contributed by atoms with Gasteiger partial charge in [-0.05, 0) is 30.3 Å². The fraction of sp³-hybridized carbons (Fsp3) is 0.143. The third-order valence-corrected chi connectivity index (χ3v) is 2.81. The first-order valence-corrected chi connectivity index (χ1v) is 5.70. The molecule has 0 fully saturated rings. The topological polar surface area (TPSA) is 57.2 Å². The Morgan fingerprint density at radius 2 is 2.10 bits per heavy atom. The van der Waals surface area contributed by atoms with Gasteiger partial charge in [0.2, 0.25) is 0 Å². The summed E-state index contributed by atoms with van der Waals surface area (Å²) in [4.78, 5) is 13.3. The third-order valence-electron chi connectivity index (χ3n) is 2.81. The normalized spacial score (nSPS) is 11.7. The van der Waals surface area contributed by atoms with Gasteiger partial charge in [0, 0.05) is 12.6 Å². The molecule has 1 atom stereocenters. The fourth-order valence-electron chi connectivity index (χ4n) is 1.74. The minimum Gasteiger partial charge on any atom is -0.466 e. The standard InChI is InChI=1S/C14H10F2N2O2/c1-18(12(8-17)13-3-2-6-20-13)14(19)9-4-5-10(15)11(16)7-9/h2-7,12H,1H3. The van der Waals surface area contributed by atoms with E-state index in [4.69, 9.17) is 9.68 Å². The number of nitrogens with zero attached hydrogens (tertiary/aromatic N) is 2. The lowest BCUT2D eigenvalue weighted by Gasteiger charge is -2.21. The van der Waals surface area contributed by atoms with Gasteiger partial charge in [0.05, 0.1) is 12.3 Å². The summed E-state index contributed by atoms with van der Waals surface area (Å²) in [5.74, 6) is -2.46. The highest BCUT2D eigenvalue weighted by Gasteiger charge is 2.25. The van der Waals surface area contributed by atoms with Crippen molar-refractivity contribution in [3.8, 4) is 6.07 Å². The largest absolute Gasteiger partial charge is 0.466 e. The van der Waals surface area contributed by atoms with Crippen molar-refractivity contribution in [2.75, 3.05) is 7.05 Å². The van der Waals surface area contributed by atoms with Crippen molar-refractivity contribution in [2.45, 2.75) is 6.04 Å². The molecular weight excluding hydrogens is 266 g/mol. The molecule has 6 heteroatoms. The Bertz CT molecular complexity index is 662. The van der Waals surface area contributed by atoms with E-state index in [2.05, 4.69) is 0 Å². The molecule has 1 aromatic carbocycles. The van der Waals surface area contributed by atoms with Crippen LogP contribution in [0.15, 0.2) is 41.0 Å². The highest BCUT2D eigenvalue weighted by molar-refractivity contribution is 5.94. The van der Waals surface area contributed by atoms with Crippen molar-refractivity contribution < 1.29 is 18.0 Å². The molecule has 4 nitrogen and oxygen atoms in total. The minimum absolute atomic E-state index is 0.0433. The van der Waals surface area contributed by atoms with Crippen LogP contribution in [0.3, 0.4) is 0 Å². The summed E-state index contributed by atoms with van der Waals surface area (Å²) < 4.78 is 31.1. The lowest BCUT2D eigenvalue weighted by Crippen LogP contribution is -2.30. The summed E-state index contributed by atoms with van der Waals surface area (Å²) >= 11 is 0. The van der Waals surface area contributed by atoms with Crippen molar-refractivity contribution in [3.63, 3.8) is 0 Å². The fourth-order valence-corrected chi connectivity index (χ4v) is 1.74. The number of rotatable bonds is 3. The average molecular weight is 276 g/mol. The molecule has 2 rings (SSSR count). The molecule has 0 radical (unpaired) electrons. The smallest absolute Gasteiger partial charge is 0.255 e. The first-order chi connectivity index (χ1) is 9.54. The maximum Gasteiger partial charge on any atom is 0.255 e. The number of benzene rings is 1. The second kappa shape index (κ2) is 5.53. The van der Waals surface area contributed by atoms with Crippen molar-refractivity contribution in [1.82, 2.24) is 4.90 Å². The molecule has 0 aliphatic heterocycles. The zero-order chi connectivity index (χ0) is 14.7. The third kappa shape index (κ3) is 2.52. The van der Waals surface area contributed by atoms with Gasteiger partial charge < -0.3 is 9.32 Å². The molecule has 1 aromatic heterocycles. The van der Waals surface area contributed by atoms with Crippen LogP contribution in [-0.4, -0.2) is 17.9 Å². The first-order valence-electron chi connectivity index (χ1n) is 5.70. The molecule has 2 aromatic rings. The van der Waals surface area contributed by atoms with Crippen LogP contribution >= 0.6 is 0 Å². The molecule has 20 heavy (non-hydrogen) atoms. The predicted octanol–water partition coefficient (Wildman–Crippen LogP) is 2.89. The molecular formula is C14H10F2N2O2. The Hall–Kier alpha value is -2.68. The number of furan rings is 1. The van der Waals surface area contributed by atoms with Crippen molar-refractivity contribution in [2.24, 2.45) is 0 Å². The number of hydrogen-bond acceptors (Lipinski definition) is 3. The van der Waals surface area contributed by atoms with Crippen LogP contribution in [0.4, 0.5) is 8.78 Å². The SMILES string of the molecule is CN(C(=O)c1ccc(F)c(F)c1)C(C#N)c1ccco1. The number of nitriles is 1. The van der Waals surface area contributed by atoms with Crippen LogP contribution in [0.2, 0.25) is 0 Å². The molecule has 0 saturated carbocycles. The van der Waals surface area contributed by atoms with Crippen LogP contribution < -0.4 is 0 Å². The van der Waals surface area contributed by atoms with E-state index in [0.717, 1.165) is 23.1 Å². The van der Waals surface area contributed by atoms with Crippen LogP contribution in [0.5, 0.6) is 0 Å². The van der Waals surface area contributed by atoms with Crippen LogP contribution in [0.1, 0.15) is 22.2 Å². The average Bonchev–Trinajstić information content (AvgIpc) is 2.95. The summed E-state index contributed by atoms with van der Waals surface area (Å²) in [5, 5.41) is 9.12. The molecule has 0 N–H and O–H groups in total. The van der Waals surface area contributed by atoms with Gasteiger partial charge >= 0.3 is 0 Å². The zero-order valence-electron chi connectivity index (χ0n) is 10.5. The van der Waals surface area contributed by atoms with Crippen molar-refractivity contribution in [3.05, 3.63) is 59.6 Å². The van der Waals surface area contributed by atoms with Gasteiger partial charge in [0.15, 0.2) is 17.7 Å². The summed E-state index contributed by atoms with van der Waals surface area (Å²) in [6, 6.07) is 6.96. The molecule has 0 spiro atoms. The predicted molar refractivity (Wildman–Crippen MR) is 65.5 cm³/mol. The second-order valence-corrected chi connectivity index (χ2v) is 4.09. The zero-order valence-corrected chi connectivity index (χ0v) is 10.5. The second-order valence-electron chi connectivity index (χ2n) is 4.09. The lowest BCUT2D eigenvalue weighted by molar-refractivity contribution is 0.0750. The van der Waals surface area contributed by atoms with Crippen molar-refractivity contribution >= 4 is 5.91 Å². The molecule has 0 saturated heterocycles. The van der Waals surface area contributed by atoms with E-state index >= 15 is 0 Å². The maximum absolute atomic E-state index is 13.1. The van der Waals surface area contributed by atoms with Gasteiger partial charge in [-0.1, -0.05) is 0 Å². The van der Waals surface area contributed by atoms with Crippen molar-refractivity contribution in [1.29, 1.82) is 5.26 Å². The summed E-state index contributed by atoms with van der Waals surface area (Å²) in [5.41, 5.74) is -0.0433. The first kappa shape index (κ1) is 13.7. The molecule has 0 bridgehead atoms. The van der Waals surface area contributed by atoms with Gasteiger partial charge in [-0.2, -0.15) is 5.26 Å². The minimum atomic E-state index is -1.12. The van der Waals surface area contributed by atoms with E-state index in [9.17, 15) is 13.6 Å². The van der Waals surface area contributed by atoms with Gasteiger partial charge in [-0.3, -0.25) is 4.79 Å². The quantitative estimate of drug-likeness (QED) is 0.866. The van der Waals surface area contributed by atoms with E-state index in [0.29, 0.717) is 5.76 Å². The van der Waals surface area contributed by atoms with Gasteiger partial charge in [0.1, 0.15) is 5.76 Å². The van der Waals surface area contributed by atoms with E-state index in [-0.39, 0.29) is 5.56 Å². The monoisotopic (exact) mass is 276 g/mol. The van der Waals surface area contributed by atoms with Gasteiger partial charge in [0.25, 0.3) is 5.91 Å². The number of amides is 1. The Labute approximate surface area is 113 Å². The van der Waals surface area contributed by atoms with Crippen LogP contribution in [-0.2, 0) is 0 Å². The number of carbonyl (C=O) groups is 1. The number of halogens is 2. The van der Waals surface area contributed by atoms with Gasteiger partial charge in [-0.25, -0.2) is 8.78 Å². The molecule has 0 aliphatic rings.